The van der Waals surface area contributed by atoms with Crippen LogP contribution in [0.4, 0.5) is 0 Å². The number of hydrogen-bond acceptors (Lipinski definition) is 5. The van der Waals surface area contributed by atoms with Gasteiger partial charge in [-0.05, 0) is 31.9 Å². The van der Waals surface area contributed by atoms with E-state index in [2.05, 4.69) is 24.9 Å². The highest BCUT2D eigenvalue weighted by Crippen LogP contribution is 2.31. The Labute approximate surface area is 174 Å². The molecule has 1 aliphatic rings. The van der Waals surface area contributed by atoms with Crippen LogP contribution in [0.5, 0.6) is 0 Å². The lowest BCUT2D eigenvalue weighted by Crippen LogP contribution is -2.39. The number of para-hydroxylation sites is 1. The summed E-state index contributed by atoms with van der Waals surface area (Å²) < 4.78 is 0. The molecule has 3 aromatic heterocycles. The average molecular weight is 398 g/mol. The molecule has 7 heteroatoms. The smallest absolute Gasteiger partial charge is 0.272 e. The molecule has 0 spiro atoms. The second-order valence-electron chi connectivity index (χ2n) is 7.68. The Hall–Kier alpha value is -3.61. The van der Waals surface area contributed by atoms with Crippen molar-refractivity contribution in [3.05, 3.63) is 72.1 Å². The Morgan fingerprint density at radius 2 is 1.97 bits per heavy atom. The van der Waals surface area contributed by atoms with Crippen LogP contribution in [0.25, 0.3) is 22.4 Å². The first-order valence-corrected chi connectivity index (χ1v) is 10.2. The highest BCUT2D eigenvalue weighted by atomic mass is 16.2. The summed E-state index contributed by atoms with van der Waals surface area (Å²) in [6, 6.07) is 11.6. The zero-order valence-corrected chi connectivity index (χ0v) is 16.7. The van der Waals surface area contributed by atoms with E-state index in [4.69, 9.17) is 0 Å². The molecule has 1 amide bonds. The quantitative estimate of drug-likeness (QED) is 0.568. The predicted molar refractivity (Wildman–Crippen MR) is 114 cm³/mol. The van der Waals surface area contributed by atoms with E-state index in [1.807, 2.05) is 48.2 Å². The standard InChI is InChI=1S/C23H22N6O/c1-15-13-26-22(27-15)21-20(24-10-11-25-21)17-6-4-12-29(14-17)23(30)19-9-8-16-5-2-3-7-18(16)28-19/h2-3,5,7-11,13,17H,4,6,12,14H2,1H3,(H,26,27)/t17-/m0/s1. The van der Waals surface area contributed by atoms with Crippen molar-refractivity contribution in [3.8, 4) is 11.5 Å². The van der Waals surface area contributed by atoms with Crippen LogP contribution >= 0.6 is 0 Å². The molecular formula is C23H22N6O. The van der Waals surface area contributed by atoms with Crippen LogP contribution in [0.3, 0.4) is 0 Å². The lowest BCUT2D eigenvalue weighted by Gasteiger charge is -2.32. The van der Waals surface area contributed by atoms with Crippen molar-refractivity contribution >= 4 is 16.8 Å². The number of carbonyl (C=O) groups excluding carboxylic acids is 1. The van der Waals surface area contributed by atoms with Gasteiger partial charge in [0.1, 0.15) is 11.4 Å². The van der Waals surface area contributed by atoms with Crippen molar-refractivity contribution in [1.29, 1.82) is 0 Å². The second-order valence-corrected chi connectivity index (χ2v) is 7.68. The Morgan fingerprint density at radius 1 is 1.10 bits per heavy atom. The number of piperidine rings is 1. The van der Waals surface area contributed by atoms with Crippen molar-refractivity contribution in [2.75, 3.05) is 13.1 Å². The number of benzene rings is 1. The third-order valence-electron chi connectivity index (χ3n) is 5.57. The maximum absolute atomic E-state index is 13.2. The first-order chi connectivity index (χ1) is 14.7. The van der Waals surface area contributed by atoms with Gasteiger partial charge in [0.05, 0.1) is 11.2 Å². The molecule has 0 radical (unpaired) electrons. The van der Waals surface area contributed by atoms with Crippen molar-refractivity contribution in [1.82, 2.24) is 29.8 Å². The topological polar surface area (TPSA) is 87.7 Å². The molecule has 0 unspecified atom stereocenters. The van der Waals surface area contributed by atoms with Gasteiger partial charge in [-0.1, -0.05) is 24.3 Å². The van der Waals surface area contributed by atoms with Gasteiger partial charge in [0.2, 0.25) is 0 Å². The summed E-state index contributed by atoms with van der Waals surface area (Å²) in [4.78, 5) is 36.5. The number of imidazole rings is 1. The summed E-state index contributed by atoms with van der Waals surface area (Å²) in [6.45, 7) is 3.28. The van der Waals surface area contributed by atoms with Gasteiger partial charge in [-0.25, -0.2) is 15.0 Å². The van der Waals surface area contributed by atoms with Gasteiger partial charge in [0, 0.05) is 48.7 Å². The van der Waals surface area contributed by atoms with E-state index in [-0.39, 0.29) is 11.8 Å². The lowest BCUT2D eigenvalue weighted by atomic mass is 9.92. The first kappa shape index (κ1) is 18.4. The minimum atomic E-state index is -0.0373. The summed E-state index contributed by atoms with van der Waals surface area (Å²) in [5.41, 5.74) is 3.94. The molecule has 1 saturated heterocycles. The number of rotatable bonds is 3. The van der Waals surface area contributed by atoms with Crippen molar-refractivity contribution in [3.63, 3.8) is 0 Å². The number of hydrogen-bond donors (Lipinski definition) is 1. The van der Waals surface area contributed by atoms with Crippen LogP contribution in [-0.4, -0.2) is 48.8 Å². The van der Waals surface area contributed by atoms with Crippen molar-refractivity contribution < 1.29 is 4.79 Å². The maximum atomic E-state index is 13.2. The summed E-state index contributed by atoms with van der Waals surface area (Å²) in [6.07, 6.45) is 7.05. The number of H-pyrrole nitrogens is 1. The molecule has 0 saturated carbocycles. The van der Waals surface area contributed by atoms with Gasteiger partial charge in [0.15, 0.2) is 5.82 Å². The van der Waals surface area contributed by atoms with Crippen LogP contribution < -0.4 is 0 Å². The second kappa shape index (κ2) is 7.67. The number of nitrogens with zero attached hydrogens (tertiary/aromatic N) is 5. The Morgan fingerprint density at radius 3 is 2.83 bits per heavy atom. The zero-order valence-electron chi connectivity index (χ0n) is 16.7. The number of fused-ring (bicyclic) bond motifs is 1. The van der Waals surface area contributed by atoms with Crippen LogP contribution in [0, 0.1) is 6.92 Å². The molecule has 1 atom stereocenters. The predicted octanol–water partition coefficient (Wildman–Crippen LogP) is 3.74. The van der Waals surface area contributed by atoms with Crippen molar-refractivity contribution in [2.24, 2.45) is 0 Å². The van der Waals surface area contributed by atoms with E-state index in [0.29, 0.717) is 12.2 Å². The largest absolute Gasteiger partial charge is 0.341 e. The molecule has 4 aromatic rings. The highest BCUT2D eigenvalue weighted by molar-refractivity contribution is 5.95. The van der Waals surface area contributed by atoms with Gasteiger partial charge in [-0.2, -0.15) is 0 Å². The molecule has 150 valence electrons. The number of nitrogens with one attached hydrogen (secondary N) is 1. The molecule has 1 aliphatic heterocycles. The number of likely N-dealkylation sites (tertiary alicyclic amines) is 1. The van der Waals surface area contributed by atoms with Crippen LogP contribution in [0.1, 0.15) is 40.6 Å². The van der Waals surface area contributed by atoms with Gasteiger partial charge in [0.25, 0.3) is 5.91 Å². The molecular weight excluding hydrogens is 376 g/mol. The molecule has 0 bridgehead atoms. The van der Waals surface area contributed by atoms with Crippen LogP contribution in [-0.2, 0) is 0 Å². The fourth-order valence-electron chi connectivity index (χ4n) is 4.09. The number of aromatic amines is 1. The number of aromatic nitrogens is 5. The normalized spacial score (nSPS) is 16.7. The number of carbonyl (C=O) groups is 1. The van der Waals surface area contributed by atoms with Gasteiger partial charge in [-0.3, -0.25) is 9.78 Å². The fourth-order valence-corrected chi connectivity index (χ4v) is 4.09. The van der Waals surface area contributed by atoms with E-state index in [1.165, 1.54) is 0 Å². The summed E-state index contributed by atoms with van der Waals surface area (Å²) in [7, 11) is 0. The van der Waals surface area contributed by atoms with E-state index in [9.17, 15) is 4.79 Å². The molecule has 7 nitrogen and oxygen atoms in total. The number of aryl methyl sites for hydroxylation is 1. The molecule has 1 N–H and O–H groups in total. The summed E-state index contributed by atoms with van der Waals surface area (Å²) in [5, 5.41) is 1.03. The minimum absolute atomic E-state index is 0.0373. The van der Waals surface area contributed by atoms with E-state index in [1.54, 1.807) is 18.6 Å². The SMILES string of the molecule is Cc1cnc(-c2nccnc2[C@H]2CCCN(C(=O)c3ccc4ccccc4n3)C2)[nH]1. The Balaban J connectivity index is 1.42. The monoisotopic (exact) mass is 398 g/mol. The molecule has 0 aliphatic carbocycles. The molecule has 1 fully saturated rings. The maximum Gasteiger partial charge on any atom is 0.272 e. The lowest BCUT2D eigenvalue weighted by molar-refractivity contribution is 0.0700. The first-order valence-electron chi connectivity index (χ1n) is 10.2. The number of pyridine rings is 1. The zero-order chi connectivity index (χ0) is 20.5. The Kier molecular flexibility index (Phi) is 4.71. The van der Waals surface area contributed by atoms with Gasteiger partial charge >= 0.3 is 0 Å². The summed E-state index contributed by atoms with van der Waals surface area (Å²) >= 11 is 0. The van der Waals surface area contributed by atoms with E-state index >= 15 is 0 Å². The molecule has 1 aromatic carbocycles. The van der Waals surface area contributed by atoms with Gasteiger partial charge in [-0.15, -0.1) is 0 Å². The Bertz CT molecular complexity index is 1220. The molecule has 30 heavy (non-hydrogen) atoms. The van der Waals surface area contributed by atoms with E-state index < -0.39 is 0 Å². The fraction of sp³-hybridized carbons (Fsp3) is 0.261. The average Bonchev–Trinajstić information content (AvgIpc) is 3.24. The highest BCUT2D eigenvalue weighted by Gasteiger charge is 2.29. The van der Waals surface area contributed by atoms with Crippen LogP contribution in [0.15, 0.2) is 55.0 Å². The van der Waals surface area contributed by atoms with Gasteiger partial charge < -0.3 is 9.88 Å². The molecule has 4 heterocycles. The van der Waals surface area contributed by atoms with Crippen LogP contribution in [0.2, 0.25) is 0 Å². The van der Waals surface area contributed by atoms with Crippen molar-refractivity contribution in [2.45, 2.75) is 25.7 Å². The van der Waals surface area contributed by atoms with E-state index in [0.717, 1.165) is 53.2 Å². The summed E-state index contributed by atoms with van der Waals surface area (Å²) in [5.74, 6) is 0.789. The number of amides is 1. The molecule has 5 rings (SSSR count). The minimum Gasteiger partial charge on any atom is -0.341 e. The third-order valence-corrected chi connectivity index (χ3v) is 5.57. The third kappa shape index (κ3) is 3.43.